The molecule has 0 bridgehead atoms. The molecule has 0 amide bonds. The van der Waals surface area contributed by atoms with Crippen molar-refractivity contribution in [3.63, 3.8) is 0 Å². The van der Waals surface area contributed by atoms with Crippen LogP contribution >= 0.6 is 15.9 Å². The summed E-state index contributed by atoms with van der Waals surface area (Å²) in [6.45, 7) is 0.655. The molecule has 0 saturated heterocycles. The second-order valence-electron chi connectivity index (χ2n) is 4.28. The van der Waals surface area contributed by atoms with Crippen molar-refractivity contribution in [3.05, 3.63) is 51.7 Å². The van der Waals surface area contributed by atoms with Crippen molar-refractivity contribution in [2.24, 2.45) is 0 Å². The molecule has 0 radical (unpaired) electrons. The van der Waals surface area contributed by atoms with Crippen LogP contribution in [0.2, 0.25) is 0 Å². The van der Waals surface area contributed by atoms with Crippen LogP contribution in [0.4, 0.5) is 4.39 Å². The first kappa shape index (κ1) is 14.6. The summed E-state index contributed by atoms with van der Waals surface area (Å²) in [6, 6.07) is 7.18. The van der Waals surface area contributed by atoms with Gasteiger partial charge in [0.05, 0.1) is 0 Å². The van der Waals surface area contributed by atoms with Crippen molar-refractivity contribution in [2.45, 2.75) is 13.1 Å². The fraction of sp³-hybridized carbons (Fsp3) is 0.143. The molecule has 106 valence electrons. The molecule has 0 saturated carbocycles. The standard InChI is InChI=1S/C14H13BrFNO3/c15-11-3-2-10(16)5-9(11)7-17-6-8-1-4-12(18)14(20)13(8)19/h1-5,17-20H,6-7H2. The van der Waals surface area contributed by atoms with Gasteiger partial charge in [-0.15, -0.1) is 0 Å². The van der Waals surface area contributed by atoms with Crippen LogP contribution in [0.25, 0.3) is 0 Å². The van der Waals surface area contributed by atoms with E-state index >= 15 is 0 Å². The second-order valence-corrected chi connectivity index (χ2v) is 5.13. The second kappa shape index (κ2) is 6.11. The Morgan fingerprint density at radius 2 is 1.65 bits per heavy atom. The van der Waals surface area contributed by atoms with Crippen molar-refractivity contribution in [1.82, 2.24) is 5.32 Å². The van der Waals surface area contributed by atoms with Crippen LogP contribution in [0.15, 0.2) is 34.8 Å². The first-order chi connectivity index (χ1) is 9.49. The van der Waals surface area contributed by atoms with Crippen molar-refractivity contribution < 1.29 is 19.7 Å². The molecule has 0 unspecified atom stereocenters. The maximum absolute atomic E-state index is 13.1. The van der Waals surface area contributed by atoms with Gasteiger partial charge in [-0.1, -0.05) is 22.0 Å². The normalized spacial score (nSPS) is 10.7. The maximum atomic E-state index is 13.1. The van der Waals surface area contributed by atoms with Gasteiger partial charge in [0, 0.05) is 23.1 Å². The van der Waals surface area contributed by atoms with E-state index in [0.29, 0.717) is 12.1 Å². The molecule has 2 aromatic rings. The Morgan fingerprint density at radius 3 is 2.40 bits per heavy atom. The topological polar surface area (TPSA) is 72.7 Å². The fourth-order valence-corrected chi connectivity index (χ4v) is 2.15. The number of hydrogen-bond acceptors (Lipinski definition) is 4. The molecule has 4 N–H and O–H groups in total. The number of halogens is 2. The fourth-order valence-electron chi connectivity index (χ4n) is 1.76. The minimum absolute atomic E-state index is 0.266. The Labute approximate surface area is 123 Å². The Bertz CT molecular complexity index is 634. The average molecular weight is 342 g/mol. The predicted octanol–water partition coefficient (Wildman–Crippen LogP) is 2.99. The van der Waals surface area contributed by atoms with Gasteiger partial charge in [0.25, 0.3) is 0 Å². The van der Waals surface area contributed by atoms with E-state index in [4.69, 9.17) is 0 Å². The highest BCUT2D eigenvalue weighted by Gasteiger charge is 2.10. The van der Waals surface area contributed by atoms with Gasteiger partial charge in [-0.05, 0) is 29.8 Å². The molecule has 0 aliphatic heterocycles. The summed E-state index contributed by atoms with van der Waals surface area (Å²) < 4.78 is 13.9. The average Bonchev–Trinajstić information content (AvgIpc) is 2.42. The Hall–Kier alpha value is -1.79. The van der Waals surface area contributed by atoms with Gasteiger partial charge in [-0.3, -0.25) is 0 Å². The SMILES string of the molecule is Oc1ccc(CNCc2cc(F)ccc2Br)c(O)c1O. The van der Waals surface area contributed by atoms with Crippen LogP contribution in [0, 0.1) is 5.82 Å². The molecule has 20 heavy (non-hydrogen) atoms. The zero-order valence-electron chi connectivity index (χ0n) is 10.4. The Kier molecular flexibility index (Phi) is 4.46. The number of phenolic OH excluding ortho intramolecular Hbond substituents is 3. The number of phenols is 3. The molecule has 0 fully saturated rings. The summed E-state index contributed by atoms with van der Waals surface area (Å²) >= 11 is 3.32. The van der Waals surface area contributed by atoms with Gasteiger partial charge in [-0.2, -0.15) is 0 Å². The molecule has 0 aliphatic carbocycles. The molecule has 2 rings (SSSR count). The largest absolute Gasteiger partial charge is 0.504 e. The van der Waals surface area contributed by atoms with E-state index in [1.165, 1.54) is 24.3 Å². The van der Waals surface area contributed by atoms with Crippen molar-refractivity contribution in [2.75, 3.05) is 0 Å². The minimum Gasteiger partial charge on any atom is -0.504 e. The van der Waals surface area contributed by atoms with Crippen LogP contribution in [0.5, 0.6) is 17.2 Å². The lowest BCUT2D eigenvalue weighted by atomic mass is 10.1. The smallest absolute Gasteiger partial charge is 0.200 e. The zero-order valence-corrected chi connectivity index (χ0v) is 12.0. The third-order valence-electron chi connectivity index (χ3n) is 2.85. The van der Waals surface area contributed by atoms with E-state index in [1.54, 1.807) is 6.07 Å². The van der Waals surface area contributed by atoms with Gasteiger partial charge in [0.2, 0.25) is 5.75 Å². The number of aromatic hydroxyl groups is 3. The summed E-state index contributed by atoms with van der Waals surface area (Å²) in [5.41, 5.74) is 1.18. The lowest BCUT2D eigenvalue weighted by molar-refractivity contribution is 0.364. The zero-order chi connectivity index (χ0) is 14.7. The molecule has 4 nitrogen and oxygen atoms in total. The van der Waals surface area contributed by atoms with Crippen LogP contribution in [-0.4, -0.2) is 15.3 Å². The van der Waals surface area contributed by atoms with Gasteiger partial charge in [0.1, 0.15) is 5.82 Å². The number of rotatable bonds is 4. The van der Waals surface area contributed by atoms with Crippen molar-refractivity contribution in [1.29, 1.82) is 0 Å². The van der Waals surface area contributed by atoms with Crippen LogP contribution in [0.3, 0.4) is 0 Å². The monoisotopic (exact) mass is 341 g/mol. The lowest BCUT2D eigenvalue weighted by Crippen LogP contribution is -2.13. The van der Waals surface area contributed by atoms with Gasteiger partial charge in [0.15, 0.2) is 11.5 Å². The van der Waals surface area contributed by atoms with E-state index in [9.17, 15) is 19.7 Å². The van der Waals surface area contributed by atoms with Gasteiger partial charge >= 0.3 is 0 Å². The minimum atomic E-state index is -0.545. The van der Waals surface area contributed by atoms with E-state index in [1.807, 2.05) is 0 Å². The van der Waals surface area contributed by atoms with Crippen molar-refractivity contribution in [3.8, 4) is 17.2 Å². The van der Waals surface area contributed by atoms with Crippen molar-refractivity contribution >= 4 is 15.9 Å². The quantitative estimate of drug-likeness (QED) is 0.645. The summed E-state index contributed by atoms with van der Waals surface area (Å²) in [6.07, 6.45) is 0. The molecule has 0 heterocycles. The molecular weight excluding hydrogens is 329 g/mol. The van der Waals surface area contributed by atoms with Gasteiger partial charge in [-0.25, -0.2) is 4.39 Å². The number of hydrogen-bond donors (Lipinski definition) is 4. The third kappa shape index (κ3) is 3.20. The molecular formula is C14H13BrFNO3. The summed E-state index contributed by atoms with van der Waals surface area (Å²) in [5.74, 6) is -1.61. The number of nitrogens with one attached hydrogen (secondary N) is 1. The van der Waals surface area contributed by atoms with E-state index in [0.717, 1.165) is 10.0 Å². The molecule has 0 aliphatic rings. The summed E-state index contributed by atoms with van der Waals surface area (Å²) in [7, 11) is 0. The van der Waals surface area contributed by atoms with E-state index < -0.39 is 5.75 Å². The molecule has 2 aromatic carbocycles. The molecule has 0 atom stereocenters. The predicted molar refractivity (Wildman–Crippen MR) is 76.1 cm³/mol. The van der Waals surface area contributed by atoms with Crippen LogP contribution in [-0.2, 0) is 13.1 Å². The maximum Gasteiger partial charge on any atom is 0.200 e. The van der Waals surface area contributed by atoms with E-state index in [-0.39, 0.29) is 23.9 Å². The van der Waals surface area contributed by atoms with Crippen LogP contribution < -0.4 is 5.32 Å². The van der Waals surface area contributed by atoms with Gasteiger partial charge < -0.3 is 20.6 Å². The Morgan fingerprint density at radius 1 is 0.950 bits per heavy atom. The summed E-state index contributed by atoms with van der Waals surface area (Å²) in [4.78, 5) is 0. The lowest BCUT2D eigenvalue weighted by Gasteiger charge is -2.10. The highest BCUT2D eigenvalue weighted by molar-refractivity contribution is 9.10. The first-order valence-corrected chi connectivity index (χ1v) is 6.65. The molecule has 6 heteroatoms. The highest BCUT2D eigenvalue weighted by atomic mass is 79.9. The molecule has 0 aromatic heterocycles. The number of benzene rings is 2. The first-order valence-electron chi connectivity index (χ1n) is 5.86. The third-order valence-corrected chi connectivity index (χ3v) is 3.63. The summed E-state index contributed by atoms with van der Waals surface area (Å²) in [5, 5.41) is 31.3. The van der Waals surface area contributed by atoms with Crippen LogP contribution in [0.1, 0.15) is 11.1 Å². The Balaban J connectivity index is 2.03. The highest BCUT2D eigenvalue weighted by Crippen LogP contribution is 2.36. The van der Waals surface area contributed by atoms with E-state index in [2.05, 4.69) is 21.2 Å². The molecule has 0 spiro atoms.